The van der Waals surface area contributed by atoms with Gasteiger partial charge >= 0.3 is 0 Å². The number of hydrogen-bond donors (Lipinski definition) is 1. The summed E-state index contributed by atoms with van der Waals surface area (Å²) in [7, 11) is 0. The van der Waals surface area contributed by atoms with E-state index in [1.54, 1.807) is 0 Å². The van der Waals surface area contributed by atoms with E-state index in [9.17, 15) is 0 Å². The standard InChI is InChI=1S/C17H31NO/c1-3-19-16-12-15(17(16)10-5-11-17)18-14-7-4-6-13(2)8-9-14/h13-16,18H,3-12H2,1-2H3. The van der Waals surface area contributed by atoms with Crippen LogP contribution in [0.2, 0.25) is 0 Å². The van der Waals surface area contributed by atoms with E-state index in [0.29, 0.717) is 11.5 Å². The Morgan fingerprint density at radius 2 is 1.95 bits per heavy atom. The van der Waals surface area contributed by atoms with Crippen LogP contribution in [0.25, 0.3) is 0 Å². The first kappa shape index (κ1) is 13.9. The molecule has 2 nitrogen and oxygen atoms in total. The first-order chi connectivity index (χ1) is 9.24. The third-order valence-electron chi connectivity index (χ3n) is 6.13. The van der Waals surface area contributed by atoms with Crippen LogP contribution in [0.3, 0.4) is 0 Å². The van der Waals surface area contributed by atoms with Crippen molar-refractivity contribution in [2.75, 3.05) is 6.61 Å². The lowest BCUT2D eigenvalue weighted by atomic mass is 9.51. The monoisotopic (exact) mass is 265 g/mol. The third kappa shape index (κ3) is 2.58. The molecule has 0 heterocycles. The van der Waals surface area contributed by atoms with E-state index >= 15 is 0 Å². The van der Waals surface area contributed by atoms with Gasteiger partial charge in [-0.1, -0.05) is 26.2 Å². The van der Waals surface area contributed by atoms with E-state index in [1.807, 2.05) is 0 Å². The Labute approximate surface area is 118 Å². The average molecular weight is 265 g/mol. The van der Waals surface area contributed by atoms with Crippen LogP contribution in [0.5, 0.6) is 0 Å². The molecule has 0 aliphatic heterocycles. The molecular weight excluding hydrogens is 234 g/mol. The maximum absolute atomic E-state index is 5.96. The third-order valence-corrected chi connectivity index (χ3v) is 6.13. The van der Waals surface area contributed by atoms with E-state index < -0.39 is 0 Å². The van der Waals surface area contributed by atoms with Crippen LogP contribution in [-0.2, 0) is 4.74 Å². The minimum Gasteiger partial charge on any atom is -0.378 e. The topological polar surface area (TPSA) is 21.3 Å². The molecule has 0 aromatic carbocycles. The fourth-order valence-corrected chi connectivity index (χ4v) is 4.61. The van der Waals surface area contributed by atoms with Gasteiger partial charge in [-0.05, 0) is 51.4 Å². The highest BCUT2D eigenvalue weighted by molar-refractivity contribution is 5.12. The van der Waals surface area contributed by atoms with Crippen molar-refractivity contribution in [1.82, 2.24) is 5.32 Å². The van der Waals surface area contributed by atoms with Crippen LogP contribution in [0, 0.1) is 11.3 Å². The lowest BCUT2D eigenvalue weighted by molar-refractivity contribution is -0.175. The van der Waals surface area contributed by atoms with Gasteiger partial charge in [0.25, 0.3) is 0 Å². The molecule has 0 aromatic heterocycles. The molecule has 4 atom stereocenters. The lowest BCUT2D eigenvalue weighted by Gasteiger charge is -2.62. The number of nitrogens with one attached hydrogen (secondary N) is 1. The zero-order chi connectivity index (χ0) is 13.3. The normalized spacial score (nSPS) is 41.4. The molecule has 0 saturated heterocycles. The number of rotatable bonds is 4. The zero-order valence-corrected chi connectivity index (χ0v) is 12.8. The summed E-state index contributed by atoms with van der Waals surface area (Å²) in [4.78, 5) is 0. The highest BCUT2D eigenvalue weighted by atomic mass is 16.5. The fourth-order valence-electron chi connectivity index (χ4n) is 4.61. The molecule has 0 radical (unpaired) electrons. The molecule has 0 amide bonds. The summed E-state index contributed by atoms with van der Waals surface area (Å²) in [5.74, 6) is 0.946. The Morgan fingerprint density at radius 1 is 1.11 bits per heavy atom. The summed E-state index contributed by atoms with van der Waals surface area (Å²) >= 11 is 0. The van der Waals surface area contributed by atoms with Crippen LogP contribution in [0.4, 0.5) is 0 Å². The predicted octanol–water partition coefficient (Wildman–Crippen LogP) is 3.89. The van der Waals surface area contributed by atoms with Crippen molar-refractivity contribution in [2.45, 2.75) is 89.8 Å². The van der Waals surface area contributed by atoms with Crippen LogP contribution in [-0.4, -0.2) is 24.8 Å². The van der Waals surface area contributed by atoms with Crippen molar-refractivity contribution in [1.29, 1.82) is 0 Å². The van der Waals surface area contributed by atoms with Crippen molar-refractivity contribution in [2.24, 2.45) is 11.3 Å². The van der Waals surface area contributed by atoms with Gasteiger partial charge in [0.05, 0.1) is 6.10 Å². The molecule has 1 N–H and O–H groups in total. The van der Waals surface area contributed by atoms with Crippen LogP contribution >= 0.6 is 0 Å². The first-order valence-electron chi connectivity index (χ1n) is 8.62. The van der Waals surface area contributed by atoms with Crippen molar-refractivity contribution in [3.8, 4) is 0 Å². The second-order valence-electron chi connectivity index (χ2n) is 7.30. The van der Waals surface area contributed by atoms with E-state index in [-0.39, 0.29) is 0 Å². The van der Waals surface area contributed by atoms with Gasteiger partial charge in [0, 0.05) is 24.1 Å². The van der Waals surface area contributed by atoms with Gasteiger partial charge in [0.1, 0.15) is 0 Å². The van der Waals surface area contributed by atoms with Crippen LogP contribution in [0.1, 0.15) is 71.6 Å². The molecule has 0 bridgehead atoms. The lowest BCUT2D eigenvalue weighted by Crippen LogP contribution is -2.68. The van der Waals surface area contributed by atoms with Gasteiger partial charge in [-0.15, -0.1) is 0 Å². The van der Waals surface area contributed by atoms with Crippen molar-refractivity contribution >= 4 is 0 Å². The average Bonchev–Trinajstić information content (AvgIpc) is 2.51. The molecule has 1 spiro atoms. The summed E-state index contributed by atoms with van der Waals surface area (Å²) in [6.45, 7) is 5.45. The van der Waals surface area contributed by atoms with Gasteiger partial charge in [-0.2, -0.15) is 0 Å². The summed E-state index contributed by atoms with van der Waals surface area (Å²) in [5.41, 5.74) is 0.536. The maximum atomic E-state index is 5.96. The Morgan fingerprint density at radius 3 is 2.63 bits per heavy atom. The van der Waals surface area contributed by atoms with E-state index in [1.165, 1.54) is 57.8 Å². The fraction of sp³-hybridized carbons (Fsp3) is 1.00. The van der Waals surface area contributed by atoms with E-state index in [4.69, 9.17) is 4.74 Å². The molecule has 3 fully saturated rings. The predicted molar refractivity (Wildman–Crippen MR) is 79.3 cm³/mol. The zero-order valence-electron chi connectivity index (χ0n) is 12.8. The minimum atomic E-state index is 0.536. The quantitative estimate of drug-likeness (QED) is 0.779. The van der Waals surface area contributed by atoms with Crippen molar-refractivity contribution in [3.63, 3.8) is 0 Å². The first-order valence-corrected chi connectivity index (χ1v) is 8.62. The highest BCUT2D eigenvalue weighted by Gasteiger charge is 2.58. The Hall–Kier alpha value is -0.0800. The largest absolute Gasteiger partial charge is 0.378 e. The minimum absolute atomic E-state index is 0.536. The Balaban J connectivity index is 1.53. The Kier molecular flexibility index (Phi) is 4.19. The SMILES string of the molecule is CCOC1CC(NC2CCCC(C)CC2)C12CCC2. The molecule has 3 saturated carbocycles. The Bertz CT molecular complexity index is 300. The molecule has 3 aliphatic rings. The number of ether oxygens (including phenoxy) is 1. The van der Waals surface area contributed by atoms with Gasteiger partial charge < -0.3 is 10.1 Å². The summed E-state index contributed by atoms with van der Waals surface area (Å²) in [6, 6.07) is 1.55. The smallest absolute Gasteiger partial charge is 0.0661 e. The van der Waals surface area contributed by atoms with Crippen molar-refractivity contribution in [3.05, 3.63) is 0 Å². The molecule has 4 unspecified atom stereocenters. The molecular formula is C17H31NO. The summed E-state index contributed by atoms with van der Waals surface area (Å²) in [5, 5.41) is 4.02. The van der Waals surface area contributed by atoms with E-state index in [2.05, 4.69) is 19.2 Å². The van der Waals surface area contributed by atoms with E-state index in [0.717, 1.165) is 24.6 Å². The molecule has 3 aliphatic carbocycles. The summed E-state index contributed by atoms with van der Waals surface area (Å²) < 4.78 is 5.96. The van der Waals surface area contributed by atoms with Gasteiger partial charge in [0.2, 0.25) is 0 Å². The highest BCUT2D eigenvalue weighted by Crippen LogP contribution is 2.57. The van der Waals surface area contributed by atoms with Crippen LogP contribution < -0.4 is 5.32 Å². The van der Waals surface area contributed by atoms with Crippen LogP contribution in [0.15, 0.2) is 0 Å². The van der Waals surface area contributed by atoms with Gasteiger partial charge in [-0.25, -0.2) is 0 Å². The molecule has 3 rings (SSSR count). The second-order valence-corrected chi connectivity index (χ2v) is 7.30. The maximum Gasteiger partial charge on any atom is 0.0661 e. The molecule has 110 valence electrons. The number of hydrogen-bond acceptors (Lipinski definition) is 2. The van der Waals surface area contributed by atoms with Crippen molar-refractivity contribution < 1.29 is 4.74 Å². The van der Waals surface area contributed by atoms with Gasteiger partial charge in [0.15, 0.2) is 0 Å². The molecule has 0 aromatic rings. The van der Waals surface area contributed by atoms with Gasteiger partial charge in [-0.3, -0.25) is 0 Å². The molecule has 2 heteroatoms. The molecule has 19 heavy (non-hydrogen) atoms. The summed E-state index contributed by atoms with van der Waals surface area (Å²) in [6.07, 6.45) is 13.1. The second kappa shape index (κ2) is 5.73.